The fourth-order valence-corrected chi connectivity index (χ4v) is 8.27. The van der Waals surface area contributed by atoms with Gasteiger partial charge in [0.2, 0.25) is 0 Å². The third kappa shape index (κ3) is 6.24. The lowest BCUT2D eigenvalue weighted by molar-refractivity contribution is -0.193. The Kier molecular flexibility index (Phi) is 8.40. The molecule has 2 aromatic rings. The van der Waals surface area contributed by atoms with Crippen LogP contribution in [0.4, 0.5) is 26.3 Å². The van der Waals surface area contributed by atoms with Crippen LogP contribution in [0, 0.1) is 29.6 Å². The van der Waals surface area contributed by atoms with Crippen LogP contribution in [-0.2, 0) is 12.7 Å². The smallest absolute Gasteiger partial charge is 0.299 e. The quantitative estimate of drug-likeness (QED) is 0.414. The average Bonchev–Trinajstić information content (AvgIpc) is 3.47. The summed E-state index contributed by atoms with van der Waals surface area (Å²) >= 11 is 0. The summed E-state index contributed by atoms with van der Waals surface area (Å²) in [5.41, 5.74) is 4.77. The van der Waals surface area contributed by atoms with E-state index >= 15 is 0 Å². The molecule has 6 rings (SSSR count). The molecule has 240 valence electrons. The molecular weight excluding hydrogens is 574 g/mol. The molecule has 7 nitrogen and oxygen atoms in total. The molecule has 4 aliphatic rings. The maximum Gasteiger partial charge on any atom is 0.418 e. The Labute approximate surface area is 247 Å². The van der Waals surface area contributed by atoms with Crippen LogP contribution in [0.15, 0.2) is 23.3 Å². The molecule has 6 atom stereocenters. The second-order valence-corrected chi connectivity index (χ2v) is 13.6. The highest BCUT2D eigenvalue weighted by Crippen LogP contribution is 2.51. The van der Waals surface area contributed by atoms with E-state index in [9.17, 15) is 31.1 Å². The first-order chi connectivity index (χ1) is 20.3. The van der Waals surface area contributed by atoms with Gasteiger partial charge in [-0.05, 0) is 81.0 Å². The van der Waals surface area contributed by atoms with E-state index in [0.29, 0.717) is 24.6 Å². The maximum atomic E-state index is 14.4. The Morgan fingerprint density at radius 3 is 2.37 bits per heavy atom. The van der Waals surface area contributed by atoms with E-state index < -0.39 is 35.6 Å². The van der Waals surface area contributed by atoms with Crippen LogP contribution in [0.1, 0.15) is 75.5 Å². The van der Waals surface area contributed by atoms with Gasteiger partial charge in [0.25, 0.3) is 0 Å². The minimum atomic E-state index is -4.72. The van der Waals surface area contributed by atoms with E-state index in [1.807, 2.05) is 7.05 Å². The van der Waals surface area contributed by atoms with Crippen LogP contribution in [0.2, 0.25) is 0 Å². The highest BCUT2D eigenvalue weighted by atomic mass is 19.4. The van der Waals surface area contributed by atoms with Crippen molar-refractivity contribution in [2.24, 2.45) is 29.6 Å². The van der Waals surface area contributed by atoms with E-state index in [0.717, 1.165) is 61.9 Å². The first-order valence-corrected chi connectivity index (χ1v) is 15.6. The van der Waals surface area contributed by atoms with E-state index in [1.54, 1.807) is 0 Å². The Morgan fingerprint density at radius 1 is 1.00 bits per heavy atom. The number of rotatable bonds is 6. The topological polar surface area (TPSA) is 57.0 Å². The summed E-state index contributed by atoms with van der Waals surface area (Å²) in [6.07, 6.45) is -1.83. The van der Waals surface area contributed by atoms with Crippen LogP contribution in [0.3, 0.4) is 0 Å². The van der Waals surface area contributed by atoms with Crippen molar-refractivity contribution in [3.63, 3.8) is 0 Å². The van der Waals surface area contributed by atoms with Crippen molar-refractivity contribution < 1.29 is 26.3 Å². The molecule has 2 saturated heterocycles. The van der Waals surface area contributed by atoms with Crippen molar-refractivity contribution in [3.8, 4) is 0 Å². The van der Waals surface area contributed by atoms with Crippen molar-refractivity contribution in [2.45, 2.75) is 89.4 Å². The third-order valence-corrected chi connectivity index (χ3v) is 10.5. The maximum absolute atomic E-state index is 14.4. The first kappa shape index (κ1) is 30.9. The summed E-state index contributed by atoms with van der Waals surface area (Å²) in [4.78, 5) is 17.9. The lowest BCUT2D eigenvalue weighted by atomic mass is 9.63. The normalized spacial score (nSPS) is 31.0. The minimum absolute atomic E-state index is 0.0402. The number of pyridine rings is 1. The number of aromatic nitrogens is 2. The summed E-state index contributed by atoms with van der Waals surface area (Å²) in [5.74, 6) is -1.35. The van der Waals surface area contributed by atoms with Crippen molar-refractivity contribution in [1.82, 2.24) is 29.6 Å². The fraction of sp³-hybridized carbons (Fsp3) is 0.767. The van der Waals surface area contributed by atoms with Gasteiger partial charge in [-0.25, -0.2) is 15.6 Å². The number of nitrogens with zero attached hydrogens (tertiary/aromatic N) is 4. The van der Waals surface area contributed by atoms with Gasteiger partial charge in [-0.15, -0.1) is 0 Å². The van der Waals surface area contributed by atoms with Gasteiger partial charge < -0.3 is 0 Å². The summed E-state index contributed by atoms with van der Waals surface area (Å²) in [5, 5.41) is 0. The molecule has 0 spiro atoms. The summed E-state index contributed by atoms with van der Waals surface area (Å²) in [7, 11) is 1.93. The van der Waals surface area contributed by atoms with Gasteiger partial charge >= 0.3 is 18.0 Å². The largest absolute Gasteiger partial charge is 0.418 e. The lowest BCUT2D eigenvalue weighted by Crippen LogP contribution is -2.51. The molecule has 0 aromatic carbocycles. The molecule has 13 heteroatoms. The van der Waals surface area contributed by atoms with Crippen molar-refractivity contribution >= 4 is 5.52 Å². The number of hydrogen-bond acceptors (Lipinski definition) is 5. The van der Waals surface area contributed by atoms with Gasteiger partial charge in [0.15, 0.2) is 0 Å². The van der Waals surface area contributed by atoms with Gasteiger partial charge in [0.1, 0.15) is 0 Å². The molecule has 4 fully saturated rings. The van der Waals surface area contributed by atoms with Gasteiger partial charge in [0.05, 0.1) is 29.8 Å². The van der Waals surface area contributed by atoms with E-state index in [-0.39, 0.29) is 48.8 Å². The number of nitrogens with one attached hydrogen (secondary N) is 2. The average molecular weight is 617 g/mol. The number of halogens is 6. The third-order valence-electron chi connectivity index (χ3n) is 10.5. The summed E-state index contributed by atoms with van der Waals surface area (Å²) < 4.78 is 88.3. The number of piperidine rings is 1. The summed E-state index contributed by atoms with van der Waals surface area (Å²) in [6, 6.07) is 0.245. The zero-order chi connectivity index (χ0) is 30.7. The Balaban J connectivity index is 1.38. The number of likely N-dealkylation sites (tertiary alicyclic amines) is 1. The number of alkyl halides is 6. The second-order valence-electron chi connectivity index (χ2n) is 13.6. The molecule has 2 N–H and O–H groups in total. The van der Waals surface area contributed by atoms with Crippen molar-refractivity contribution in [2.75, 3.05) is 26.8 Å². The van der Waals surface area contributed by atoms with Crippen LogP contribution >= 0.6 is 0 Å². The van der Waals surface area contributed by atoms with Crippen LogP contribution in [0.5, 0.6) is 0 Å². The molecule has 2 aromatic heterocycles. The predicted molar refractivity (Wildman–Crippen MR) is 150 cm³/mol. The minimum Gasteiger partial charge on any atom is -0.299 e. The highest BCUT2D eigenvalue weighted by molar-refractivity contribution is 5.56. The fourth-order valence-electron chi connectivity index (χ4n) is 8.27. The van der Waals surface area contributed by atoms with Crippen LogP contribution < -0.4 is 16.5 Å². The highest BCUT2D eigenvalue weighted by Gasteiger charge is 2.51. The van der Waals surface area contributed by atoms with E-state index in [2.05, 4.69) is 27.6 Å². The standard InChI is InChI=1S/C30H42F6N6O/c1-18-5-4-8-40(13-18)14-19-9-24(30(34,35)36)25-16-41(28(43)42(25)15-19)23-11-21(10-22(12-23)29(31,32)33)26(20-6-3-7-20)27-38-37-17-39(27)2/h9,15-16,18,20-23,26-27,37-38H,3-8,10-14,17H2,1-2H3/t18-,21?,22?,23?,26?,27?/m0/s1. The molecule has 2 aliphatic carbocycles. The zero-order valence-electron chi connectivity index (χ0n) is 24.7. The Hall–Kier alpha value is -2.09. The Morgan fingerprint density at radius 2 is 1.77 bits per heavy atom. The Bertz CT molecular complexity index is 1350. The monoisotopic (exact) mass is 616 g/mol. The SMILES string of the molecule is C[C@H]1CCCN(Cc2cc(C(F)(F)F)c3cn(C4CC(C(C5CCC5)C5NNCN5C)CC(C(F)(F)F)C4)c(=O)n3c2)C1. The van der Waals surface area contributed by atoms with Gasteiger partial charge in [-0.2, -0.15) is 26.3 Å². The molecule has 4 heterocycles. The second kappa shape index (κ2) is 11.7. The number of fused-ring (bicyclic) bond motifs is 1. The molecule has 2 aliphatic heterocycles. The molecule has 0 amide bonds. The van der Waals surface area contributed by atoms with Gasteiger partial charge in [0, 0.05) is 31.5 Å². The first-order valence-electron chi connectivity index (χ1n) is 15.6. The van der Waals surface area contributed by atoms with Crippen molar-refractivity contribution in [1.29, 1.82) is 0 Å². The molecular formula is C30H42F6N6O. The molecule has 5 unspecified atom stereocenters. The lowest BCUT2D eigenvalue weighted by Gasteiger charge is -2.47. The zero-order valence-corrected chi connectivity index (χ0v) is 24.7. The van der Waals surface area contributed by atoms with E-state index in [4.69, 9.17) is 0 Å². The number of imidazole rings is 1. The van der Waals surface area contributed by atoms with Gasteiger partial charge in [-0.1, -0.05) is 26.2 Å². The van der Waals surface area contributed by atoms with Crippen LogP contribution in [0.25, 0.3) is 5.52 Å². The number of hydrazine groups is 1. The predicted octanol–water partition coefficient (Wildman–Crippen LogP) is 5.61. The van der Waals surface area contributed by atoms with E-state index in [1.165, 1.54) is 10.8 Å². The summed E-state index contributed by atoms with van der Waals surface area (Å²) in [6.45, 7) is 4.49. The van der Waals surface area contributed by atoms with Gasteiger partial charge in [-0.3, -0.25) is 18.8 Å². The molecule has 0 bridgehead atoms. The molecule has 43 heavy (non-hydrogen) atoms. The number of hydrogen-bond donors (Lipinski definition) is 2. The molecule has 0 radical (unpaired) electrons. The van der Waals surface area contributed by atoms with Crippen LogP contribution in [-0.4, -0.2) is 57.9 Å². The van der Waals surface area contributed by atoms with Crippen molar-refractivity contribution in [3.05, 3.63) is 40.1 Å². The molecule has 2 saturated carbocycles.